The van der Waals surface area contributed by atoms with E-state index in [1.807, 2.05) is 12.1 Å². The number of benzene rings is 1. The highest BCUT2D eigenvalue weighted by atomic mass is 16.5. The Morgan fingerprint density at radius 3 is 2.59 bits per heavy atom. The van der Waals surface area contributed by atoms with Crippen molar-refractivity contribution in [3.63, 3.8) is 0 Å². The number of methoxy groups -OCH3 is 1. The molecule has 4 nitrogen and oxygen atoms in total. The van der Waals surface area contributed by atoms with Crippen LogP contribution in [0.2, 0.25) is 0 Å². The summed E-state index contributed by atoms with van der Waals surface area (Å²) in [5.74, 6) is 0.593. The fourth-order valence-electron chi connectivity index (χ4n) is 1.57. The second-order valence-corrected chi connectivity index (χ2v) is 4.27. The van der Waals surface area contributed by atoms with Gasteiger partial charge in [-0.3, -0.25) is 0 Å². The average molecular weight is 238 g/mol. The molecule has 0 radical (unpaired) electrons. The molecule has 0 aliphatic rings. The molecule has 17 heavy (non-hydrogen) atoms. The molecule has 0 aliphatic heterocycles. The first-order chi connectivity index (χ1) is 8.02. The maximum absolute atomic E-state index is 10.4. The standard InChI is InChI=1S/C13H18O4/c1-9(2)6-10-4-5-11(12(7-10)16-3)17-8-13(14)15/h4-5,7,9H,6,8H2,1-3H3,(H,14,15). The van der Waals surface area contributed by atoms with Crippen molar-refractivity contribution in [2.75, 3.05) is 13.7 Å². The van der Waals surface area contributed by atoms with E-state index in [-0.39, 0.29) is 6.61 Å². The molecular formula is C13H18O4. The van der Waals surface area contributed by atoms with E-state index in [9.17, 15) is 4.79 Å². The summed E-state index contributed by atoms with van der Waals surface area (Å²) >= 11 is 0. The number of carboxylic acids is 1. The molecule has 0 saturated carbocycles. The Balaban J connectivity index is 2.81. The fourth-order valence-corrected chi connectivity index (χ4v) is 1.57. The van der Waals surface area contributed by atoms with Gasteiger partial charge in [-0.1, -0.05) is 19.9 Å². The molecule has 0 aliphatic carbocycles. The molecule has 1 rings (SSSR count). The number of ether oxygens (including phenoxy) is 2. The molecule has 0 heterocycles. The minimum absolute atomic E-state index is 0.361. The van der Waals surface area contributed by atoms with Gasteiger partial charge in [0.2, 0.25) is 0 Å². The van der Waals surface area contributed by atoms with Gasteiger partial charge in [-0.25, -0.2) is 4.79 Å². The predicted molar refractivity (Wildman–Crippen MR) is 64.7 cm³/mol. The van der Waals surface area contributed by atoms with E-state index in [4.69, 9.17) is 14.6 Å². The number of hydrogen-bond acceptors (Lipinski definition) is 3. The van der Waals surface area contributed by atoms with Crippen molar-refractivity contribution in [3.8, 4) is 11.5 Å². The van der Waals surface area contributed by atoms with Crippen LogP contribution in [0.15, 0.2) is 18.2 Å². The Hall–Kier alpha value is -1.71. The largest absolute Gasteiger partial charge is 0.493 e. The lowest BCUT2D eigenvalue weighted by Gasteiger charge is -2.12. The SMILES string of the molecule is COc1cc(CC(C)C)ccc1OCC(=O)O. The van der Waals surface area contributed by atoms with Crippen LogP contribution in [0.1, 0.15) is 19.4 Å². The van der Waals surface area contributed by atoms with Crippen LogP contribution in [0, 0.1) is 5.92 Å². The summed E-state index contributed by atoms with van der Waals surface area (Å²) < 4.78 is 10.3. The van der Waals surface area contributed by atoms with Crippen molar-refractivity contribution >= 4 is 5.97 Å². The van der Waals surface area contributed by atoms with Gasteiger partial charge in [0, 0.05) is 0 Å². The molecule has 0 aromatic heterocycles. The van der Waals surface area contributed by atoms with Crippen LogP contribution in [0.25, 0.3) is 0 Å². The molecule has 0 amide bonds. The van der Waals surface area contributed by atoms with E-state index in [0.717, 1.165) is 12.0 Å². The first kappa shape index (κ1) is 13.4. The highest BCUT2D eigenvalue weighted by Crippen LogP contribution is 2.28. The van der Waals surface area contributed by atoms with Crippen LogP contribution in [0.5, 0.6) is 11.5 Å². The molecule has 1 N–H and O–H groups in total. The van der Waals surface area contributed by atoms with Crippen molar-refractivity contribution in [2.24, 2.45) is 5.92 Å². The molecule has 0 unspecified atom stereocenters. The zero-order chi connectivity index (χ0) is 12.8. The van der Waals surface area contributed by atoms with Crippen molar-refractivity contribution in [1.29, 1.82) is 0 Å². The first-order valence-corrected chi connectivity index (χ1v) is 5.54. The normalized spacial score (nSPS) is 10.4. The van der Waals surface area contributed by atoms with Gasteiger partial charge in [0.1, 0.15) is 0 Å². The van der Waals surface area contributed by atoms with Crippen LogP contribution >= 0.6 is 0 Å². The lowest BCUT2D eigenvalue weighted by molar-refractivity contribution is -0.139. The van der Waals surface area contributed by atoms with Gasteiger partial charge >= 0.3 is 5.97 Å². The van der Waals surface area contributed by atoms with Crippen LogP contribution in [-0.4, -0.2) is 24.8 Å². The van der Waals surface area contributed by atoms with Crippen molar-refractivity contribution in [1.82, 2.24) is 0 Å². The van der Waals surface area contributed by atoms with E-state index in [0.29, 0.717) is 17.4 Å². The molecule has 0 bridgehead atoms. The summed E-state index contributed by atoms with van der Waals surface area (Å²) in [7, 11) is 1.54. The number of carbonyl (C=O) groups is 1. The quantitative estimate of drug-likeness (QED) is 0.826. The number of rotatable bonds is 6. The topological polar surface area (TPSA) is 55.8 Å². The Kier molecular flexibility index (Phi) is 4.82. The lowest BCUT2D eigenvalue weighted by atomic mass is 10.0. The van der Waals surface area contributed by atoms with Crippen LogP contribution in [-0.2, 0) is 11.2 Å². The molecule has 4 heteroatoms. The maximum atomic E-state index is 10.4. The van der Waals surface area contributed by atoms with Gasteiger partial charge in [-0.15, -0.1) is 0 Å². The summed E-state index contributed by atoms with van der Waals surface area (Å²) in [5, 5.41) is 8.55. The van der Waals surface area contributed by atoms with E-state index in [1.165, 1.54) is 0 Å². The van der Waals surface area contributed by atoms with Crippen molar-refractivity contribution in [3.05, 3.63) is 23.8 Å². The maximum Gasteiger partial charge on any atom is 0.341 e. The van der Waals surface area contributed by atoms with E-state index >= 15 is 0 Å². The minimum atomic E-state index is -1.00. The third kappa shape index (κ3) is 4.34. The smallest absolute Gasteiger partial charge is 0.341 e. The lowest BCUT2D eigenvalue weighted by Crippen LogP contribution is -2.10. The number of hydrogen-bond donors (Lipinski definition) is 1. The van der Waals surface area contributed by atoms with Gasteiger partial charge in [-0.2, -0.15) is 0 Å². The van der Waals surface area contributed by atoms with E-state index in [2.05, 4.69) is 13.8 Å². The monoisotopic (exact) mass is 238 g/mol. The van der Waals surface area contributed by atoms with Crippen LogP contribution in [0.4, 0.5) is 0 Å². The summed E-state index contributed by atoms with van der Waals surface area (Å²) in [6, 6.07) is 5.57. The highest BCUT2D eigenvalue weighted by molar-refractivity contribution is 5.68. The summed E-state index contributed by atoms with van der Waals surface area (Å²) in [6.07, 6.45) is 0.954. The molecule has 0 atom stereocenters. The van der Waals surface area contributed by atoms with Crippen molar-refractivity contribution < 1.29 is 19.4 Å². The zero-order valence-electron chi connectivity index (χ0n) is 10.4. The predicted octanol–water partition coefficient (Wildman–Crippen LogP) is 2.36. The number of aliphatic carboxylic acids is 1. The molecular weight excluding hydrogens is 220 g/mol. The van der Waals surface area contributed by atoms with Crippen molar-refractivity contribution in [2.45, 2.75) is 20.3 Å². The van der Waals surface area contributed by atoms with Gasteiger partial charge in [0.15, 0.2) is 18.1 Å². The first-order valence-electron chi connectivity index (χ1n) is 5.54. The molecule has 1 aromatic rings. The van der Waals surface area contributed by atoms with Gasteiger partial charge < -0.3 is 14.6 Å². The Morgan fingerprint density at radius 2 is 2.06 bits per heavy atom. The molecule has 94 valence electrons. The van der Waals surface area contributed by atoms with E-state index in [1.54, 1.807) is 13.2 Å². The highest BCUT2D eigenvalue weighted by Gasteiger charge is 2.08. The third-order valence-corrected chi connectivity index (χ3v) is 2.22. The van der Waals surface area contributed by atoms with Crippen LogP contribution < -0.4 is 9.47 Å². The summed E-state index contributed by atoms with van der Waals surface area (Å²) in [6.45, 7) is 3.92. The number of carboxylic acid groups (broad SMARTS) is 1. The molecule has 1 aromatic carbocycles. The van der Waals surface area contributed by atoms with Crippen LogP contribution in [0.3, 0.4) is 0 Å². The second kappa shape index (κ2) is 6.13. The Morgan fingerprint density at radius 1 is 1.35 bits per heavy atom. The van der Waals surface area contributed by atoms with Gasteiger partial charge in [0.25, 0.3) is 0 Å². The zero-order valence-corrected chi connectivity index (χ0v) is 10.4. The van der Waals surface area contributed by atoms with E-state index < -0.39 is 5.97 Å². The Labute approximate surface area is 101 Å². The Bertz CT molecular complexity index is 385. The molecule has 0 fully saturated rings. The molecule has 0 spiro atoms. The third-order valence-electron chi connectivity index (χ3n) is 2.22. The summed E-state index contributed by atoms with van der Waals surface area (Å²) in [5.41, 5.74) is 1.15. The van der Waals surface area contributed by atoms with Gasteiger partial charge in [-0.05, 0) is 30.0 Å². The van der Waals surface area contributed by atoms with Gasteiger partial charge in [0.05, 0.1) is 7.11 Å². The minimum Gasteiger partial charge on any atom is -0.493 e. The second-order valence-electron chi connectivity index (χ2n) is 4.27. The average Bonchev–Trinajstić information content (AvgIpc) is 2.26. The molecule has 0 saturated heterocycles. The summed E-state index contributed by atoms with van der Waals surface area (Å²) in [4.78, 5) is 10.4. The fraction of sp³-hybridized carbons (Fsp3) is 0.462.